The molecular formula is C22H25N7O2. The molecule has 4 rings (SSSR count). The number of nitrogens with one attached hydrogen (secondary N) is 1. The SMILES string of the molecule is CC(C)n1nnnc1COc1cccc(C(=O)NCCCn2cnc3ccccc32)c1. The van der Waals surface area contributed by atoms with Gasteiger partial charge in [-0.15, -0.1) is 5.10 Å². The number of rotatable bonds is 9. The van der Waals surface area contributed by atoms with Crippen LogP contribution in [0.25, 0.3) is 11.0 Å². The van der Waals surface area contributed by atoms with Crippen LogP contribution in [0.15, 0.2) is 54.9 Å². The minimum absolute atomic E-state index is 0.132. The molecule has 0 aliphatic carbocycles. The largest absolute Gasteiger partial charge is 0.486 e. The average molecular weight is 419 g/mol. The highest BCUT2D eigenvalue weighted by Gasteiger charge is 2.11. The summed E-state index contributed by atoms with van der Waals surface area (Å²) in [4.78, 5) is 16.9. The molecule has 1 N–H and O–H groups in total. The van der Waals surface area contributed by atoms with Gasteiger partial charge >= 0.3 is 0 Å². The molecule has 0 bridgehead atoms. The molecule has 2 aromatic carbocycles. The van der Waals surface area contributed by atoms with Crippen LogP contribution in [0.5, 0.6) is 5.75 Å². The summed E-state index contributed by atoms with van der Waals surface area (Å²) in [5.74, 6) is 1.10. The molecule has 2 aromatic heterocycles. The number of carbonyl (C=O) groups is 1. The summed E-state index contributed by atoms with van der Waals surface area (Å²) >= 11 is 0. The van der Waals surface area contributed by atoms with Crippen molar-refractivity contribution in [2.24, 2.45) is 0 Å². The highest BCUT2D eigenvalue weighted by Crippen LogP contribution is 2.16. The van der Waals surface area contributed by atoms with Gasteiger partial charge < -0.3 is 14.6 Å². The van der Waals surface area contributed by atoms with Gasteiger partial charge in [0.1, 0.15) is 12.4 Å². The van der Waals surface area contributed by atoms with Crippen LogP contribution in [0, 0.1) is 0 Å². The van der Waals surface area contributed by atoms with E-state index in [2.05, 4.69) is 30.4 Å². The molecule has 0 fully saturated rings. The van der Waals surface area contributed by atoms with Crippen LogP contribution in [0.1, 0.15) is 42.5 Å². The van der Waals surface area contributed by atoms with Gasteiger partial charge in [-0.25, -0.2) is 9.67 Å². The molecule has 9 nitrogen and oxygen atoms in total. The Morgan fingerprint density at radius 1 is 1.16 bits per heavy atom. The van der Waals surface area contributed by atoms with Gasteiger partial charge in [0.05, 0.1) is 23.4 Å². The number of amides is 1. The van der Waals surface area contributed by atoms with E-state index in [0.29, 0.717) is 23.7 Å². The van der Waals surface area contributed by atoms with E-state index in [0.717, 1.165) is 24.0 Å². The summed E-state index contributed by atoms with van der Waals surface area (Å²) in [6.45, 7) is 5.59. The number of aromatic nitrogens is 6. The zero-order valence-electron chi connectivity index (χ0n) is 17.6. The number of ether oxygens (including phenoxy) is 1. The lowest BCUT2D eigenvalue weighted by Gasteiger charge is -2.10. The number of nitrogens with zero attached hydrogens (tertiary/aromatic N) is 6. The Hall–Kier alpha value is -3.75. The zero-order chi connectivity index (χ0) is 21.6. The van der Waals surface area contributed by atoms with E-state index < -0.39 is 0 Å². The highest BCUT2D eigenvalue weighted by molar-refractivity contribution is 5.94. The van der Waals surface area contributed by atoms with Crippen molar-refractivity contribution in [3.63, 3.8) is 0 Å². The van der Waals surface area contributed by atoms with Gasteiger partial charge in [-0.1, -0.05) is 18.2 Å². The number of para-hydroxylation sites is 2. The lowest BCUT2D eigenvalue weighted by Crippen LogP contribution is -2.25. The van der Waals surface area contributed by atoms with Crippen molar-refractivity contribution in [1.29, 1.82) is 0 Å². The third kappa shape index (κ3) is 4.88. The van der Waals surface area contributed by atoms with Gasteiger partial charge in [-0.05, 0) is 61.0 Å². The van der Waals surface area contributed by atoms with Gasteiger partial charge in [-0.3, -0.25) is 4.79 Å². The van der Waals surface area contributed by atoms with E-state index in [1.807, 2.05) is 50.5 Å². The Balaban J connectivity index is 1.28. The number of carbonyl (C=O) groups excluding carboxylic acids is 1. The summed E-state index contributed by atoms with van der Waals surface area (Å²) in [5.41, 5.74) is 2.63. The van der Waals surface area contributed by atoms with E-state index in [1.165, 1.54) is 0 Å². The van der Waals surface area contributed by atoms with Crippen LogP contribution in [-0.2, 0) is 13.2 Å². The van der Waals surface area contributed by atoms with Crippen molar-refractivity contribution in [2.75, 3.05) is 6.54 Å². The van der Waals surface area contributed by atoms with Crippen LogP contribution < -0.4 is 10.1 Å². The molecule has 4 aromatic rings. The quantitative estimate of drug-likeness (QED) is 0.419. The number of hydrogen-bond acceptors (Lipinski definition) is 6. The summed E-state index contributed by atoms with van der Waals surface area (Å²) in [6.07, 6.45) is 2.64. The lowest BCUT2D eigenvalue weighted by atomic mass is 10.2. The van der Waals surface area contributed by atoms with E-state index in [4.69, 9.17) is 4.74 Å². The first-order chi connectivity index (χ1) is 15.1. The van der Waals surface area contributed by atoms with Crippen molar-refractivity contribution >= 4 is 16.9 Å². The number of imidazole rings is 1. The molecule has 0 atom stereocenters. The second-order valence-electron chi connectivity index (χ2n) is 7.49. The predicted molar refractivity (Wildman–Crippen MR) is 116 cm³/mol. The van der Waals surface area contributed by atoms with Gasteiger partial charge in [0.25, 0.3) is 5.91 Å². The van der Waals surface area contributed by atoms with Crippen molar-refractivity contribution < 1.29 is 9.53 Å². The van der Waals surface area contributed by atoms with E-state index in [1.54, 1.807) is 22.9 Å². The molecule has 31 heavy (non-hydrogen) atoms. The van der Waals surface area contributed by atoms with Crippen LogP contribution in [0.4, 0.5) is 0 Å². The molecule has 2 heterocycles. The number of tetrazole rings is 1. The molecule has 0 aliphatic rings. The first-order valence-electron chi connectivity index (χ1n) is 10.3. The maximum Gasteiger partial charge on any atom is 0.251 e. The Labute approximate surface area is 180 Å². The fourth-order valence-electron chi connectivity index (χ4n) is 3.33. The van der Waals surface area contributed by atoms with Crippen molar-refractivity contribution in [2.45, 2.75) is 39.5 Å². The Bertz CT molecular complexity index is 1170. The lowest BCUT2D eigenvalue weighted by molar-refractivity contribution is 0.0952. The molecule has 9 heteroatoms. The van der Waals surface area contributed by atoms with Crippen molar-refractivity contribution in [3.8, 4) is 5.75 Å². The van der Waals surface area contributed by atoms with Crippen LogP contribution in [0.3, 0.4) is 0 Å². The molecule has 0 unspecified atom stereocenters. The molecular weight excluding hydrogens is 394 g/mol. The third-order valence-electron chi connectivity index (χ3n) is 4.90. The minimum atomic E-state index is -0.132. The second kappa shape index (κ2) is 9.38. The van der Waals surface area contributed by atoms with Crippen LogP contribution in [0.2, 0.25) is 0 Å². The van der Waals surface area contributed by atoms with Crippen LogP contribution in [-0.4, -0.2) is 42.2 Å². The fourth-order valence-corrected chi connectivity index (χ4v) is 3.33. The van der Waals surface area contributed by atoms with Gasteiger partial charge in [0.2, 0.25) is 0 Å². The molecule has 0 saturated carbocycles. The first-order valence-corrected chi connectivity index (χ1v) is 10.3. The highest BCUT2D eigenvalue weighted by atomic mass is 16.5. The topological polar surface area (TPSA) is 99.8 Å². The number of fused-ring (bicyclic) bond motifs is 1. The maximum absolute atomic E-state index is 12.5. The standard InChI is InChI=1S/C22H25N7O2/c1-16(2)29-21(25-26-27-29)14-31-18-8-5-7-17(13-18)22(30)23-11-6-12-28-15-24-19-9-3-4-10-20(19)28/h3-5,7-10,13,15-16H,6,11-12,14H2,1-2H3,(H,23,30). The number of aryl methyl sites for hydroxylation is 1. The molecule has 1 amide bonds. The maximum atomic E-state index is 12.5. The van der Waals surface area contributed by atoms with Gasteiger partial charge in [0.15, 0.2) is 5.82 Å². The molecule has 0 saturated heterocycles. The third-order valence-corrected chi connectivity index (χ3v) is 4.90. The Morgan fingerprint density at radius 2 is 2.03 bits per heavy atom. The molecule has 160 valence electrons. The fraction of sp³-hybridized carbons (Fsp3) is 0.318. The van der Waals surface area contributed by atoms with Crippen molar-refractivity contribution in [3.05, 3.63) is 66.2 Å². The van der Waals surface area contributed by atoms with Crippen molar-refractivity contribution in [1.82, 2.24) is 35.1 Å². The predicted octanol–water partition coefficient (Wildman–Crippen LogP) is 3.00. The van der Waals surface area contributed by atoms with Crippen LogP contribution >= 0.6 is 0 Å². The summed E-state index contributed by atoms with van der Waals surface area (Å²) < 4.78 is 9.60. The summed E-state index contributed by atoms with van der Waals surface area (Å²) in [5, 5.41) is 14.6. The van der Waals surface area contributed by atoms with E-state index in [-0.39, 0.29) is 18.6 Å². The van der Waals surface area contributed by atoms with Gasteiger partial charge in [-0.2, -0.15) is 0 Å². The smallest absolute Gasteiger partial charge is 0.251 e. The van der Waals surface area contributed by atoms with Gasteiger partial charge in [0, 0.05) is 18.7 Å². The first kappa shape index (κ1) is 20.5. The number of benzene rings is 2. The van der Waals surface area contributed by atoms with E-state index in [9.17, 15) is 4.79 Å². The molecule has 0 spiro atoms. The number of hydrogen-bond donors (Lipinski definition) is 1. The summed E-state index contributed by atoms with van der Waals surface area (Å²) in [6, 6.07) is 15.3. The molecule has 0 radical (unpaired) electrons. The Kier molecular flexibility index (Phi) is 6.21. The monoisotopic (exact) mass is 419 g/mol. The normalized spacial score (nSPS) is 11.2. The average Bonchev–Trinajstić information content (AvgIpc) is 3.42. The van der Waals surface area contributed by atoms with E-state index >= 15 is 0 Å². The minimum Gasteiger partial charge on any atom is -0.486 e. The summed E-state index contributed by atoms with van der Waals surface area (Å²) in [7, 11) is 0. The molecule has 0 aliphatic heterocycles. The Morgan fingerprint density at radius 3 is 2.90 bits per heavy atom. The second-order valence-corrected chi connectivity index (χ2v) is 7.49. The zero-order valence-corrected chi connectivity index (χ0v) is 17.6.